The lowest BCUT2D eigenvalue weighted by molar-refractivity contribution is -0.127. The summed E-state index contributed by atoms with van der Waals surface area (Å²) in [5.74, 6) is 1.64. The highest BCUT2D eigenvalue weighted by Crippen LogP contribution is 2.43. The first-order valence-electron chi connectivity index (χ1n) is 5.81. The molecule has 0 radical (unpaired) electrons. The summed E-state index contributed by atoms with van der Waals surface area (Å²) in [6.45, 7) is 8.00. The minimum Gasteiger partial charge on any atom is -0.454 e. The quantitative estimate of drug-likeness (QED) is 0.733. The van der Waals surface area contributed by atoms with Crippen LogP contribution in [0.3, 0.4) is 0 Å². The van der Waals surface area contributed by atoms with Gasteiger partial charge in [0.2, 0.25) is 5.79 Å². The summed E-state index contributed by atoms with van der Waals surface area (Å²) in [7, 11) is 0. The fourth-order valence-corrected chi connectivity index (χ4v) is 2.62. The van der Waals surface area contributed by atoms with Gasteiger partial charge in [0.25, 0.3) is 0 Å². The predicted octanol–water partition coefficient (Wildman–Crippen LogP) is 2.58. The van der Waals surface area contributed by atoms with Gasteiger partial charge in [-0.3, -0.25) is 0 Å². The molecule has 16 heavy (non-hydrogen) atoms. The maximum Gasteiger partial charge on any atom is 0.245 e. The van der Waals surface area contributed by atoms with Crippen LogP contribution in [0, 0.1) is 11.8 Å². The van der Waals surface area contributed by atoms with Gasteiger partial charge in [-0.15, -0.1) is 0 Å². The smallest absolute Gasteiger partial charge is 0.245 e. The standard InChI is InChI=1S/C13H20O3/c1-8-5-6-10(11(8)7-14)12-9(2)15-13(3,4)16-12/h5,10-11,14H,6-7H2,1-4H3/t10-,11-/m0/s1. The Kier molecular flexibility index (Phi) is 2.74. The van der Waals surface area contributed by atoms with E-state index in [4.69, 9.17) is 9.47 Å². The van der Waals surface area contributed by atoms with Crippen molar-refractivity contribution in [1.29, 1.82) is 0 Å². The molecule has 3 heteroatoms. The van der Waals surface area contributed by atoms with Crippen molar-refractivity contribution in [2.24, 2.45) is 11.8 Å². The third-order valence-corrected chi connectivity index (χ3v) is 3.40. The van der Waals surface area contributed by atoms with Crippen molar-refractivity contribution in [3.8, 4) is 0 Å². The molecule has 0 aromatic heterocycles. The van der Waals surface area contributed by atoms with Gasteiger partial charge >= 0.3 is 0 Å². The lowest BCUT2D eigenvalue weighted by Crippen LogP contribution is -2.24. The predicted molar refractivity (Wildman–Crippen MR) is 61.4 cm³/mol. The second-order valence-corrected chi connectivity index (χ2v) is 5.10. The second kappa shape index (κ2) is 3.81. The lowest BCUT2D eigenvalue weighted by Gasteiger charge is -2.23. The number of ether oxygens (including phenoxy) is 2. The number of allylic oxidation sites excluding steroid dienone is 3. The summed E-state index contributed by atoms with van der Waals surface area (Å²) in [4.78, 5) is 0. The Labute approximate surface area is 96.7 Å². The highest BCUT2D eigenvalue weighted by atomic mass is 16.7. The van der Waals surface area contributed by atoms with E-state index in [-0.39, 0.29) is 18.4 Å². The van der Waals surface area contributed by atoms with Gasteiger partial charge in [-0.1, -0.05) is 11.6 Å². The van der Waals surface area contributed by atoms with Crippen LogP contribution in [-0.2, 0) is 9.47 Å². The minimum atomic E-state index is -0.560. The summed E-state index contributed by atoms with van der Waals surface area (Å²) in [6.07, 6.45) is 3.11. The summed E-state index contributed by atoms with van der Waals surface area (Å²) in [6, 6.07) is 0. The third kappa shape index (κ3) is 1.84. The van der Waals surface area contributed by atoms with Gasteiger partial charge in [0, 0.05) is 25.7 Å². The van der Waals surface area contributed by atoms with E-state index < -0.39 is 5.79 Å². The van der Waals surface area contributed by atoms with Gasteiger partial charge in [0.05, 0.1) is 6.61 Å². The largest absolute Gasteiger partial charge is 0.454 e. The first-order chi connectivity index (χ1) is 7.44. The van der Waals surface area contributed by atoms with Crippen molar-refractivity contribution >= 4 is 0 Å². The fraction of sp³-hybridized carbons (Fsp3) is 0.692. The van der Waals surface area contributed by atoms with Crippen LogP contribution in [-0.4, -0.2) is 17.5 Å². The molecule has 0 aromatic rings. The summed E-state index contributed by atoms with van der Waals surface area (Å²) in [5, 5.41) is 9.42. The highest BCUT2D eigenvalue weighted by molar-refractivity contribution is 5.22. The van der Waals surface area contributed by atoms with Gasteiger partial charge in [0.15, 0.2) is 0 Å². The Balaban J connectivity index is 2.19. The maximum atomic E-state index is 9.42. The van der Waals surface area contributed by atoms with Crippen molar-refractivity contribution in [2.75, 3.05) is 6.61 Å². The number of hydrogen-bond donors (Lipinski definition) is 1. The molecule has 1 aliphatic carbocycles. The fourth-order valence-electron chi connectivity index (χ4n) is 2.62. The summed E-state index contributed by atoms with van der Waals surface area (Å²) >= 11 is 0. The van der Waals surface area contributed by atoms with E-state index >= 15 is 0 Å². The molecule has 2 atom stereocenters. The molecule has 0 saturated heterocycles. The molecule has 0 spiro atoms. The SMILES string of the molecule is CC1=CC[C@H](C2=C(C)OC(C)(C)O2)[C@H]1CO. The average Bonchev–Trinajstić information content (AvgIpc) is 2.66. The van der Waals surface area contributed by atoms with Crippen molar-refractivity contribution in [1.82, 2.24) is 0 Å². The maximum absolute atomic E-state index is 9.42. The van der Waals surface area contributed by atoms with E-state index in [1.807, 2.05) is 20.8 Å². The van der Waals surface area contributed by atoms with Gasteiger partial charge in [-0.2, -0.15) is 0 Å². The number of hydrogen-bond acceptors (Lipinski definition) is 3. The van der Waals surface area contributed by atoms with Crippen LogP contribution in [0.5, 0.6) is 0 Å². The van der Waals surface area contributed by atoms with Crippen molar-refractivity contribution in [3.63, 3.8) is 0 Å². The summed E-state index contributed by atoms with van der Waals surface area (Å²) < 4.78 is 11.5. The first kappa shape index (κ1) is 11.5. The molecular formula is C13H20O3. The third-order valence-electron chi connectivity index (χ3n) is 3.40. The molecule has 0 amide bonds. The molecule has 1 N–H and O–H groups in total. The first-order valence-corrected chi connectivity index (χ1v) is 5.81. The van der Waals surface area contributed by atoms with Gasteiger partial charge in [0.1, 0.15) is 11.5 Å². The zero-order valence-corrected chi connectivity index (χ0v) is 10.4. The van der Waals surface area contributed by atoms with Crippen LogP contribution in [0.1, 0.15) is 34.1 Å². The Morgan fingerprint density at radius 1 is 1.38 bits per heavy atom. The Morgan fingerprint density at radius 2 is 2.06 bits per heavy atom. The van der Waals surface area contributed by atoms with E-state index in [1.54, 1.807) is 0 Å². The molecule has 0 aromatic carbocycles. The van der Waals surface area contributed by atoms with Gasteiger partial charge in [-0.05, 0) is 20.3 Å². The molecule has 0 bridgehead atoms. The van der Waals surface area contributed by atoms with Crippen LogP contribution in [0.15, 0.2) is 23.2 Å². The highest BCUT2D eigenvalue weighted by Gasteiger charge is 2.40. The summed E-state index contributed by atoms with van der Waals surface area (Å²) in [5.41, 5.74) is 1.25. The molecule has 2 rings (SSSR count). The topological polar surface area (TPSA) is 38.7 Å². The number of aliphatic hydroxyl groups excluding tert-OH is 1. The number of aliphatic hydroxyl groups is 1. The Morgan fingerprint density at radius 3 is 2.56 bits per heavy atom. The Bertz CT molecular complexity index is 352. The Hall–Kier alpha value is -0.960. The number of rotatable bonds is 2. The van der Waals surface area contributed by atoms with Crippen LogP contribution in [0.25, 0.3) is 0 Å². The van der Waals surface area contributed by atoms with Crippen LogP contribution >= 0.6 is 0 Å². The zero-order valence-electron chi connectivity index (χ0n) is 10.4. The van der Waals surface area contributed by atoms with Crippen molar-refractivity contribution in [2.45, 2.75) is 39.9 Å². The van der Waals surface area contributed by atoms with Crippen LogP contribution in [0.2, 0.25) is 0 Å². The molecule has 1 heterocycles. The molecule has 90 valence electrons. The van der Waals surface area contributed by atoms with Gasteiger partial charge in [-0.25, -0.2) is 0 Å². The zero-order chi connectivity index (χ0) is 11.9. The molecule has 0 fully saturated rings. The van der Waals surface area contributed by atoms with E-state index in [0.29, 0.717) is 0 Å². The second-order valence-electron chi connectivity index (χ2n) is 5.10. The monoisotopic (exact) mass is 224 g/mol. The molecule has 3 nitrogen and oxygen atoms in total. The van der Waals surface area contributed by atoms with E-state index in [2.05, 4.69) is 13.0 Å². The molecule has 0 saturated carbocycles. The van der Waals surface area contributed by atoms with E-state index in [1.165, 1.54) is 5.57 Å². The van der Waals surface area contributed by atoms with Crippen molar-refractivity contribution < 1.29 is 14.6 Å². The van der Waals surface area contributed by atoms with Crippen molar-refractivity contribution in [3.05, 3.63) is 23.2 Å². The lowest BCUT2D eigenvalue weighted by atomic mass is 9.90. The minimum absolute atomic E-state index is 0.174. The van der Waals surface area contributed by atoms with E-state index in [9.17, 15) is 5.11 Å². The van der Waals surface area contributed by atoms with Crippen LogP contribution in [0.4, 0.5) is 0 Å². The average molecular weight is 224 g/mol. The van der Waals surface area contributed by atoms with Gasteiger partial charge < -0.3 is 14.6 Å². The molecule has 1 aliphatic heterocycles. The molecule has 2 aliphatic rings. The van der Waals surface area contributed by atoms with E-state index in [0.717, 1.165) is 17.9 Å². The van der Waals surface area contributed by atoms with Crippen LogP contribution < -0.4 is 0 Å². The molecular weight excluding hydrogens is 204 g/mol. The molecule has 0 unspecified atom stereocenters. The normalized spacial score (nSPS) is 32.4.